The van der Waals surface area contributed by atoms with Gasteiger partial charge in [0.05, 0.1) is 0 Å². The summed E-state index contributed by atoms with van der Waals surface area (Å²) < 4.78 is 5.11. The predicted molar refractivity (Wildman–Crippen MR) is 38.8 cm³/mol. The molecule has 0 bridgehead atoms. The number of ketones is 1. The first-order valence-corrected chi connectivity index (χ1v) is 3.47. The van der Waals surface area contributed by atoms with Crippen LogP contribution in [0.25, 0.3) is 0 Å². The Balaban J connectivity index is 2.64. The zero-order valence-electron chi connectivity index (χ0n) is 6.22. The van der Waals surface area contributed by atoms with Gasteiger partial charge in [-0.3, -0.25) is 4.79 Å². The van der Waals surface area contributed by atoms with Crippen molar-refractivity contribution in [3.8, 4) is 0 Å². The number of rotatable bonds is 3. The fourth-order valence-corrected chi connectivity index (χ4v) is 1.24. The van der Waals surface area contributed by atoms with E-state index < -0.39 is 5.60 Å². The lowest BCUT2D eigenvalue weighted by atomic mass is 9.77. The van der Waals surface area contributed by atoms with Crippen LogP contribution in [0.2, 0.25) is 0 Å². The zero-order valence-corrected chi connectivity index (χ0v) is 6.22. The van der Waals surface area contributed by atoms with E-state index in [4.69, 9.17) is 4.74 Å². The maximum atomic E-state index is 11.1. The first-order valence-electron chi connectivity index (χ1n) is 3.47. The smallest absolute Gasteiger partial charge is 0.186 e. The first-order chi connectivity index (χ1) is 4.75. The summed E-state index contributed by atoms with van der Waals surface area (Å²) in [6.45, 7) is 3.43. The molecule has 2 nitrogen and oxygen atoms in total. The number of carbonyl (C=O) groups excluding carboxylic acids is 1. The molecule has 0 spiro atoms. The van der Waals surface area contributed by atoms with Gasteiger partial charge in [0.25, 0.3) is 0 Å². The van der Waals surface area contributed by atoms with E-state index in [1.54, 1.807) is 7.11 Å². The van der Waals surface area contributed by atoms with Gasteiger partial charge in [-0.05, 0) is 25.3 Å². The van der Waals surface area contributed by atoms with E-state index in [0.29, 0.717) is 0 Å². The minimum Gasteiger partial charge on any atom is -0.370 e. The topological polar surface area (TPSA) is 26.3 Å². The van der Waals surface area contributed by atoms with Crippen molar-refractivity contribution in [3.63, 3.8) is 0 Å². The highest BCUT2D eigenvalue weighted by atomic mass is 16.5. The van der Waals surface area contributed by atoms with Gasteiger partial charge in [0.1, 0.15) is 5.60 Å². The molecule has 0 saturated heterocycles. The third-order valence-electron chi connectivity index (χ3n) is 2.19. The largest absolute Gasteiger partial charge is 0.370 e. The molecule has 2 heteroatoms. The van der Waals surface area contributed by atoms with Crippen LogP contribution in [-0.4, -0.2) is 18.5 Å². The van der Waals surface area contributed by atoms with Crippen LogP contribution < -0.4 is 0 Å². The van der Waals surface area contributed by atoms with Crippen molar-refractivity contribution in [2.75, 3.05) is 7.11 Å². The second-order valence-electron chi connectivity index (χ2n) is 2.62. The molecular weight excluding hydrogens is 128 g/mol. The van der Waals surface area contributed by atoms with Crippen molar-refractivity contribution in [1.29, 1.82) is 0 Å². The molecule has 1 aliphatic carbocycles. The van der Waals surface area contributed by atoms with Gasteiger partial charge < -0.3 is 4.74 Å². The van der Waals surface area contributed by atoms with E-state index >= 15 is 0 Å². The Bertz CT molecular complexity index is 151. The van der Waals surface area contributed by atoms with Crippen LogP contribution in [-0.2, 0) is 9.53 Å². The Morgan fingerprint density at radius 1 is 1.70 bits per heavy atom. The second kappa shape index (κ2) is 2.54. The van der Waals surface area contributed by atoms with Crippen LogP contribution in [0, 0.1) is 0 Å². The van der Waals surface area contributed by atoms with Gasteiger partial charge in [-0.1, -0.05) is 6.58 Å². The lowest BCUT2D eigenvalue weighted by molar-refractivity contribution is -0.146. The zero-order chi connectivity index (χ0) is 7.61. The Labute approximate surface area is 60.9 Å². The summed E-state index contributed by atoms with van der Waals surface area (Å²) in [5.74, 6) is 0.0289. The molecule has 0 unspecified atom stereocenters. The van der Waals surface area contributed by atoms with Gasteiger partial charge >= 0.3 is 0 Å². The van der Waals surface area contributed by atoms with Gasteiger partial charge in [0, 0.05) is 7.11 Å². The van der Waals surface area contributed by atoms with E-state index in [0.717, 1.165) is 19.3 Å². The van der Waals surface area contributed by atoms with Crippen molar-refractivity contribution in [3.05, 3.63) is 12.7 Å². The molecule has 0 heterocycles. The molecule has 0 amide bonds. The quantitative estimate of drug-likeness (QED) is 0.552. The summed E-state index contributed by atoms with van der Waals surface area (Å²) in [5, 5.41) is 0. The van der Waals surface area contributed by atoms with Crippen molar-refractivity contribution in [1.82, 2.24) is 0 Å². The minimum absolute atomic E-state index is 0.0289. The summed E-state index contributed by atoms with van der Waals surface area (Å²) in [5.41, 5.74) is -0.484. The fourth-order valence-electron chi connectivity index (χ4n) is 1.24. The van der Waals surface area contributed by atoms with Crippen molar-refractivity contribution in [2.24, 2.45) is 0 Å². The summed E-state index contributed by atoms with van der Waals surface area (Å²) in [7, 11) is 1.58. The molecule has 0 radical (unpaired) electrons. The number of hydrogen-bond acceptors (Lipinski definition) is 2. The van der Waals surface area contributed by atoms with Gasteiger partial charge in [0.15, 0.2) is 5.78 Å². The van der Waals surface area contributed by atoms with E-state index in [9.17, 15) is 4.79 Å². The second-order valence-corrected chi connectivity index (χ2v) is 2.62. The molecule has 0 aliphatic heterocycles. The normalized spacial score (nSPS) is 21.3. The molecule has 0 aromatic rings. The SMILES string of the molecule is C=CC(=O)C1(OC)CCC1. The average molecular weight is 140 g/mol. The summed E-state index contributed by atoms with van der Waals surface area (Å²) in [6.07, 6.45) is 4.15. The minimum atomic E-state index is -0.484. The molecule has 1 aliphatic rings. The van der Waals surface area contributed by atoms with E-state index in [2.05, 4.69) is 6.58 Å². The van der Waals surface area contributed by atoms with Crippen LogP contribution in [0.4, 0.5) is 0 Å². The van der Waals surface area contributed by atoms with Crippen molar-refractivity contribution < 1.29 is 9.53 Å². The van der Waals surface area contributed by atoms with Crippen LogP contribution in [0.1, 0.15) is 19.3 Å². The number of methoxy groups -OCH3 is 1. The molecule has 0 atom stereocenters. The molecule has 10 heavy (non-hydrogen) atoms. The highest BCUT2D eigenvalue weighted by Gasteiger charge is 2.42. The molecular formula is C8H12O2. The van der Waals surface area contributed by atoms with Gasteiger partial charge in [-0.2, -0.15) is 0 Å². The maximum absolute atomic E-state index is 11.1. The van der Waals surface area contributed by atoms with E-state index in [1.165, 1.54) is 6.08 Å². The monoisotopic (exact) mass is 140 g/mol. The lowest BCUT2D eigenvalue weighted by Gasteiger charge is -2.37. The van der Waals surface area contributed by atoms with E-state index in [-0.39, 0.29) is 5.78 Å². The van der Waals surface area contributed by atoms with Crippen molar-refractivity contribution >= 4 is 5.78 Å². The molecule has 0 aromatic heterocycles. The average Bonchev–Trinajstić information content (AvgIpc) is 1.86. The highest BCUT2D eigenvalue weighted by Crippen LogP contribution is 2.35. The van der Waals surface area contributed by atoms with Crippen LogP contribution in [0.5, 0.6) is 0 Å². The highest BCUT2D eigenvalue weighted by molar-refractivity contribution is 5.97. The predicted octanol–water partition coefficient (Wildman–Crippen LogP) is 1.31. The Hall–Kier alpha value is -0.630. The molecule has 0 N–H and O–H groups in total. The third kappa shape index (κ3) is 0.886. The Kier molecular flexibility index (Phi) is 1.90. The Morgan fingerprint density at radius 2 is 2.30 bits per heavy atom. The fraction of sp³-hybridized carbons (Fsp3) is 0.625. The molecule has 1 rings (SSSR count). The van der Waals surface area contributed by atoms with Gasteiger partial charge in [-0.25, -0.2) is 0 Å². The molecule has 1 saturated carbocycles. The summed E-state index contributed by atoms with van der Waals surface area (Å²) in [6, 6.07) is 0. The first kappa shape index (κ1) is 7.48. The number of carbonyl (C=O) groups is 1. The van der Waals surface area contributed by atoms with Crippen LogP contribution >= 0.6 is 0 Å². The van der Waals surface area contributed by atoms with Gasteiger partial charge in [-0.15, -0.1) is 0 Å². The Morgan fingerprint density at radius 3 is 2.40 bits per heavy atom. The summed E-state index contributed by atoms with van der Waals surface area (Å²) in [4.78, 5) is 11.1. The molecule has 56 valence electrons. The standard InChI is InChI=1S/C8H12O2/c1-3-7(9)8(10-2)5-4-6-8/h3H,1,4-6H2,2H3. The van der Waals surface area contributed by atoms with Crippen LogP contribution in [0.3, 0.4) is 0 Å². The number of ether oxygens (including phenoxy) is 1. The lowest BCUT2D eigenvalue weighted by Crippen LogP contribution is -2.46. The molecule has 0 aromatic carbocycles. The molecule has 1 fully saturated rings. The maximum Gasteiger partial charge on any atom is 0.186 e. The summed E-state index contributed by atoms with van der Waals surface area (Å²) >= 11 is 0. The third-order valence-corrected chi connectivity index (χ3v) is 2.19. The van der Waals surface area contributed by atoms with Gasteiger partial charge in [0.2, 0.25) is 0 Å². The van der Waals surface area contributed by atoms with Crippen LogP contribution in [0.15, 0.2) is 12.7 Å². The van der Waals surface area contributed by atoms with Crippen molar-refractivity contribution in [2.45, 2.75) is 24.9 Å². The van der Waals surface area contributed by atoms with E-state index in [1.807, 2.05) is 0 Å². The number of hydrogen-bond donors (Lipinski definition) is 0.